The number of amides is 1. The highest BCUT2D eigenvalue weighted by molar-refractivity contribution is 7.89. The number of likely N-dealkylation sites (N-methyl/N-ethyl adjacent to an activating group) is 1. The van der Waals surface area contributed by atoms with Gasteiger partial charge in [0.15, 0.2) is 17.6 Å². The number of nitrogens with zero attached hydrogens (tertiary/aromatic N) is 1. The van der Waals surface area contributed by atoms with E-state index in [0.717, 1.165) is 0 Å². The van der Waals surface area contributed by atoms with E-state index >= 15 is 0 Å². The summed E-state index contributed by atoms with van der Waals surface area (Å²) in [6.07, 6.45) is -0.308. The molecular formula is C20H24N2O5S. The predicted octanol–water partition coefficient (Wildman–Crippen LogP) is 2.21. The fraction of sp³-hybridized carbons (Fsp3) is 0.350. The van der Waals surface area contributed by atoms with Crippen molar-refractivity contribution in [1.82, 2.24) is 9.62 Å². The first kappa shape index (κ1) is 20.2. The average molecular weight is 404 g/mol. The van der Waals surface area contributed by atoms with Crippen LogP contribution < -0.4 is 14.2 Å². The van der Waals surface area contributed by atoms with Crippen LogP contribution in [-0.2, 0) is 10.0 Å². The molecule has 0 spiro atoms. The van der Waals surface area contributed by atoms with Gasteiger partial charge >= 0.3 is 0 Å². The van der Waals surface area contributed by atoms with Gasteiger partial charge in [-0.05, 0) is 36.8 Å². The summed E-state index contributed by atoms with van der Waals surface area (Å²) in [4.78, 5) is 14.5. The van der Waals surface area contributed by atoms with Crippen molar-refractivity contribution in [3.63, 3.8) is 0 Å². The molecule has 1 unspecified atom stereocenters. The number of carbonyl (C=O) groups excluding carboxylic acids is 1. The van der Waals surface area contributed by atoms with Crippen molar-refractivity contribution < 1.29 is 22.7 Å². The van der Waals surface area contributed by atoms with E-state index in [4.69, 9.17) is 9.47 Å². The number of rotatable bonds is 6. The van der Waals surface area contributed by atoms with Crippen LogP contribution in [0.25, 0.3) is 0 Å². The molecule has 0 aromatic heterocycles. The van der Waals surface area contributed by atoms with Crippen molar-refractivity contribution in [3.8, 4) is 11.5 Å². The first-order chi connectivity index (χ1) is 13.3. The van der Waals surface area contributed by atoms with E-state index in [0.29, 0.717) is 35.8 Å². The first-order valence-corrected chi connectivity index (χ1v) is 10.5. The molecule has 28 heavy (non-hydrogen) atoms. The molecule has 1 aliphatic heterocycles. The van der Waals surface area contributed by atoms with Crippen LogP contribution in [0.2, 0.25) is 0 Å². The largest absolute Gasteiger partial charge is 0.486 e. The third kappa shape index (κ3) is 4.28. The van der Waals surface area contributed by atoms with Crippen LogP contribution in [0, 0.1) is 6.92 Å². The zero-order valence-electron chi connectivity index (χ0n) is 16.1. The molecule has 0 aliphatic carbocycles. The van der Waals surface area contributed by atoms with Gasteiger partial charge in [0.1, 0.15) is 6.61 Å². The number of aryl methyl sites for hydroxylation is 1. The van der Waals surface area contributed by atoms with Crippen LogP contribution >= 0.6 is 0 Å². The Labute approximate surface area is 165 Å². The van der Waals surface area contributed by atoms with Gasteiger partial charge in [-0.25, -0.2) is 13.1 Å². The molecule has 1 N–H and O–H groups in total. The summed E-state index contributed by atoms with van der Waals surface area (Å²) in [5.41, 5.74) is 1.05. The lowest BCUT2D eigenvalue weighted by Gasteiger charge is -2.29. The molecule has 0 saturated carbocycles. The summed E-state index contributed by atoms with van der Waals surface area (Å²) in [6, 6.07) is 11.9. The Morgan fingerprint density at radius 1 is 1.21 bits per heavy atom. The fourth-order valence-electron chi connectivity index (χ4n) is 3.02. The van der Waals surface area contributed by atoms with Crippen molar-refractivity contribution >= 4 is 15.9 Å². The Balaban J connectivity index is 1.75. The van der Waals surface area contributed by atoms with Gasteiger partial charge in [0.25, 0.3) is 5.91 Å². The second-order valence-electron chi connectivity index (χ2n) is 6.66. The number of ether oxygens (including phenoxy) is 2. The SMILES string of the molecule is CCNS(=O)(=O)c1ccc(C)c(C(=O)N(C)CC2COc3ccccc3O2)c1. The summed E-state index contributed by atoms with van der Waals surface area (Å²) in [5.74, 6) is 1.06. The Hall–Kier alpha value is -2.58. The number of sulfonamides is 1. The van der Waals surface area contributed by atoms with Crippen molar-refractivity contribution in [2.45, 2.75) is 24.8 Å². The predicted molar refractivity (Wildman–Crippen MR) is 105 cm³/mol. The fourth-order valence-corrected chi connectivity index (χ4v) is 4.09. The molecule has 0 saturated heterocycles. The normalized spacial score (nSPS) is 15.9. The topological polar surface area (TPSA) is 84.9 Å². The Kier molecular flexibility index (Phi) is 5.90. The number of para-hydroxylation sites is 2. The minimum absolute atomic E-state index is 0.0721. The van der Waals surface area contributed by atoms with Crippen LogP contribution in [0.4, 0.5) is 0 Å². The molecule has 0 fully saturated rings. The molecule has 8 heteroatoms. The van der Waals surface area contributed by atoms with Crippen LogP contribution in [0.15, 0.2) is 47.4 Å². The molecule has 2 aromatic carbocycles. The molecular weight excluding hydrogens is 380 g/mol. The molecule has 1 heterocycles. The van der Waals surface area contributed by atoms with Crippen molar-refractivity contribution in [1.29, 1.82) is 0 Å². The summed E-state index contributed by atoms with van der Waals surface area (Å²) < 4.78 is 38.5. The maximum Gasteiger partial charge on any atom is 0.254 e. The van der Waals surface area contributed by atoms with Gasteiger partial charge in [-0.15, -0.1) is 0 Å². The third-order valence-electron chi connectivity index (χ3n) is 4.48. The lowest BCUT2D eigenvalue weighted by molar-refractivity contribution is 0.0520. The maximum atomic E-state index is 12.9. The summed E-state index contributed by atoms with van der Waals surface area (Å²) >= 11 is 0. The van der Waals surface area contributed by atoms with E-state index in [1.165, 1.54) is 17.0 Å². The Morgan fingerprint density at radius 3 is 2.64 bits per heavy atom. The van der Waals surface area contributed by atoms with Crippen LogP contribution in [0.5, 0.6) is 11.5 Å². The number of benzene rings is 2. The molecule has 1 atom stereocenters. The molecule has 0 bridgehead atoms. The minimum atomic E-state index is -3.63. The van der Waals surface area contributed by atoms with Crippen molar-refractivity contribution in [2.75, 3.05) is 26.7 Å². The highest BCUT2D eigenvalue weighted by Crippen LogP contribution is 2.31. The lowest BCUT2D eigenvalue weighted by atomic mass is 10.1. The molecule has 2 aromatic rings. The number of hydrogen-bond acceptors (Lipinski definition) is 5. The number of hydrogen-bond donors (Lipinski definition) is 1. The molecule has 1 aliphatic rings. The van der Waals surface area contributed by atoms with E-state index in [9.17, 15) is 13.2 Å². The Bertz CT molecular complexity index is 974. The highest BCUT2D eigenvalue weighted by Gasteiger charge is 2.25. The van der Waals surface area contributed by atoms with Gasteiger partial charge in [-0.2, -0.15) is 0 Å². The standard InChI is InChI=1S/C20H24N2O5S/c1-4-21-28(24,25)16-10-9-14(2)17(11-16)20(23)22(3)12-15-13-26-18-7-5-6-8-19(18)27-15/h5-11,15,21H,4,12-13H2,1-3H3. The quantitative estimate of drug-likeness (QED) is 0.798. The van der Waals surface area contributed by atoms with Crippen LogP contribution in [0.3, 0.4) is 0 Å². The zero-order valence-corrected chi connectivity index (χ0v) is 17.0. The van der Waals surface area contributed by atoms with Gasteiger partial charge in [0.05, 0.1) is 11.4 Å². The first-order valence-electron chi connectivity index (χ1n) is 9.06. The van der Waals surface area contributed by atoms with Crippen LogP contribution in [-0.4, -0.2) is 52.1 Å². The van der Waals surface area contributed by atoms with E-state index in [-0.39, 0.29) is 23.5 Å². The lowest BCUT2D eigenvalue weighted by Crippen LogP contribution is -2.42. The van der Waals surface area contributed by atoms with Gasteiger partial charge in [-0.3, -0.25) is 4.79 Å². The highest BCUT2D eigenvalue weighted by atomic mass is 32.2. The molecule has 1 amide bonds. The smallest absolute Gasteiger partial charge is 0.254 e. The molecule has 150 valence electrons. The zero-order chi connectivity index (χ0) is 20.3. The monoisotopic (exact) mass is 404 g/mol. The Morgan fingerprint density at radius 2 is 1.93 bits per heavy atom. The average Bonchev–Trinajstić information content (AvgIpc) is 2.67. The number of carbonyl (C=O) groups is 1. The van der Waals surface area contributed by atoms with Crippen molar-refractivity contribution in [3.05, 3.63) is 53.6 Å². The van der Waals surface area contributed by atoms with Gasteiger partial charge < -0.3 is 14.4 Å². The number of fused-ring (bicyclic) bond motifs is 1. The second kappa shape index (κ2) is 8.20. The molecule has 7 nitrogen and oxygen atoms in total. The van der Waals surface area contributed by atoms with E-state index < -0.39 is 10.0 Å². The van der Waals surface area contributed by atoms with E-state index in [1.807, 2.05) is 24.3 Å². The molecule has 3 rings (SSSR count). The van der Waals surface area contributed by atoms with Gasteiger partial charge in [-0.1, -0.05) is 25.1 Å². The third-order valence-corrected chi connectivity index (χ3v) is 6.02. The second-order valence-corrected chi connectivity index (χ2v) is 8.43. The van der Waals surface area contributed by atoms with Gasteiger partial charge in [0.2, 0.25) is 10.0 Å². The maximum absolute atomic E-state index is 12.9. The van der Waals surface area contributed by atoms with Crippen molar-refractivity contribution in [2.24, 2.45) is 0 Å². The molecule has 0 radical (unpaired) electrons. The van der Waals surface area contributed by atoms with E-state index in [1.54, 1.807) is 27.0 Å². The van der Waals surface area contributed by atoms with Gasteiger partial charge in [0, 0.05) is 19.2 Å². The minimum Gasteiger partial charge on any atom is -0.486 e. The number of nitrogens with one attached hydrogen (secondary N) is 1. The summed E-state index contributed by atoms with van der Waals surface area (Å²) in [6.45, 7) is 4.41. The summed E-state index contributed by atoms with van der Waals surface area (Å²) in [7, 11) is -1.97. The summed E-state index contributed by atoms with van der Waals surface area (Å²) in [5, 5.41) is 0. The van der Waals surface area contributed by atoms with Crippen LogP contribution in [0.1, 0.15) is 22.8 Å². The van der Waals surface area contributed by atoms with E-state index in [2.05, 4.69) is 4.72 Å².